The second-order valence-electron chi connectivity index (χ2n) is 3.78. The molecule has 0 saturated heterocycles. The normalized spacial score (nSPS) is 13.4. The summed E-state index contributed by atoms with van der Waals surface area (Å²) in [6, 6.07) is 0.423. The number of nitrogens with one attached hydrogen (secondary N) is 1. The van der Waals surface area contributed by atoms with Crippen molar-refractivity contribution in [2.45, 2.75) is 37.3 Å². The maximum atomic E-state index is 9.66. The van der Waals surface area contributed by atoms with Gasteiger partial charge < -0.3 is 10.4 Å². The van der Waals surface area contributed by atoms with Crippen LogP contribution in [-0.4, -0.2) is 34.5 Å². The average Bonchev–Trinajstić information content (AvgIpc) is 2.58. The fraction of sp³-hybridized carbons (Fsp3) is 0.700. The third kappa shape index (κ3) is 5.51. The first-order chi connectivity index (χ1) is 7.08. The molecule has 2 N–H and O–H groups in total. The van der Waals surface area contributed by atoms with Gasteiger partial charge in [-0.3, -0.25) is 0 Å². The molecule has 0 aliphatic carbocycles. The highest BCUT2D eigenvalue weighted by Crippen LogP contribution is 2.22. The van der Waals surface area contributed by atoms with Gasteiger partial charge in [-0.05, 0) is 6.92 Å². The second-order valence-corrected chi connectivity index (χ2v) is 5.91. The van der Waals surface area contributed by atoms with E-state index in [4.69, 9.17) is 0 Å². The first-order valence-corrected chi connectivity index (χ1v) is 6.91. The van der Waals surface area contributed by atoms with E-state index in [1.165, 1.54) is 0 Å². The number of aromatic nitrogens is 1. The Kier molecular flexibility index (Phi) is 5.60. The molecule has 0 spiro atoms. The topological polar surface area (TPSA) is 45.1 Å². The molecule has 1 heterocycles. The molecule has 0 aliphatic rings. The predicted octanol–water partition coefficient (Wildman–Crippen LogP) is 1.90. The minimum absolute atomic E-state index is 0.304. The van der Waals surface area contributed by atoms with Gasteiger partial charge in [-0.15, -0.1) is 11.3 Å². The van der Waals surface area contributed by atoms with Crippen molar-refractivity contribution in [1.29, 1.82) is 0 Å². The van der Waals surface area contributed by atoms with Gasteiger partial charge in [-0.1, -0.05) is 25.6 Å². The lowest BCUT2D eigenvalue weighted by molar-refractivity contribution is 0.192. The fourth-order valence-corrected chi connectivity index (χ4v) is 2.80. The van der Waals surface area contributed by atoms with Gasteiger partial charge in [-0.2, -0.15) is 0 Å². The molecule has 1 rings (SSSR count). The van der Waals surface area contributed by atoms with Crippen molar-refractivity contribution < 1.29 is 5.11 Å². The van der Waals surface area contributed by atoms with E-state index in [-0.39, 0.29) is 6.10 Å². The summed E-state index contributed by atoms with van der Waals surface area (Å²) in [4.78, 5) is 4.33. The monoisotopic (exact) mass is 246 g/mol. The van der Waals surface area contributed by atoms with Crippen LogP contribution in [0.4, 0.5) is 0 Å². The largest absolute Gasteiger partial charge is 0.391 e. The van der Waals surface area contributed by atoms with Crippen LogP contribution >= 0.6 is 23.1 Å². The minimum atomic E-state index is -0.304. The molecule has 1 atom stereocenters. The zero-order valence-corrected chi connectivity index (χ0v) is 11.0. The molecule has 0 amide bonds. The van der Waals surface area contributed by atoms with Gasteiger partial charge in [0.1, 0.15) is 4.34 Å². The summed E-state index contributed by atoms with van der Waals surface area (Å²) in [6.45, 7) is 6.78. The van der Waals surface area contributed by atoms with Crippen molar-refractivity contribution in [3.05, 3.63) is 11.1 Å². The molecule has 5 heteroatoms. The first-order valence-electron chi connectivity index (χ1n) is 5.04. The predicted molar refractivity (Wildman–Crippen MR) is 66.7 cm³/mol. The lowest BCUT2D eigenvalue weighted by Gasteiger charge is -2.12. The highest BCUT2D eigenvalue weighted by molar-refractivity contribution is 8.01. The molecule has 3 nitrogen and oxygen atoms in total. The number of aryl methyl sites for hydroxylation is 1. The maximum absolute atomic E-state index is 9.66. The number of thioether (sulfide) groups is 1. The van der Waals surface area contributed by atoms with Gasteiger partial charge in [0.15, 0.2) is 0 Å². The van der Waals surface area contributed by atoms with Gasteiger partial charge in [-0.25, -0.2) is 4.98 Å². The van der Waals surface area contributed by atoms with Crippen LogP contribution in [0.3, 0.4) is 0 Å². The lowest BCUT2D eigenvalue weighted by Crippen LogP contribution is -2.33. The summed E-state index contributed by atoms with van der Waals surface area (Å²) in [5.74, 6) is 0.701. The minimum Gasteiger partial charge on any atom is -0.391 e. The number of thiazole rings is 1. The van der Waals surface area contributed by atoms with Crippen LogP contribution in [-0.2, 0) is 0 Å². The molecule has 0 aliphatic heterocycles. The zero-order chi connectivity index (χ0) is 11.3. The van der Waals surface area contributed by atoms with Gasteiger partial charge in [0.25, 0.3) is 0 Å². The van der Waals surface area contributed by atoms with Crippen LogP contribution in [0.15, 0.2) is 9.72 Å². The number of hydrogen-bond acceptors (Lipinski definition) is 5. The van der Waals surface area contributed by atoms with Crippen molar-refractivity contribution in [1.82, 2.24) is 10.3 Å². The van der Waals surface area contributed by atoms with Crippen molar-refractivity contribution in [2.75, 3.05) is 12.3 Å². The fourth-order valence-electron chi connectivity index (χ4n) is 0.997. The number of nitrogens with zero attached hydrogens (tertiary/aromatic N) is 1. The third-order valence-electron chi connectivity index (χ3n) is 1.76. The van der Waals surface area contributed by atoms with Crippen molar-refractivity contribution in [2.24, 2.45) is 0 Å². The first kappa shape index (κ1) is 13.0. The maximum Gasteiger partial charge on any atom is 0.150 e. The summed E-state index contributed by atoms with van der Waals surface area (Å²) in [6.07, 6.45) is -0.304. The lowest BCUT2D eigenvalue weighted by atomic mass is 10.3. The highest BCUT2D eigenvalue weighted by Gasteiger charge is 2.07. The Bertz CT molecular complexity index is 289. The van der Waals surface area contributed by atoms with Crippen LogP contribution in [0.5, 0.6) is 0 Å². The quantitative estimate of drug-likeness (QED) is 0.753. The molecular formula is C10H18N2OS2. The molecule has 0 radical (unpaired) electrons. The Labute approximate surface area is 99.3 Å². The molecule has 0 fully saturated rings. The van der Waals surface area contributed by atoms with E-state index in [1.54, 1.807) is 23.1 Å². The van der Waals surface area contributed by atoms with Crippen LogP contribution in [0.2, 0.25) is 0 Å². The standard InChI is InChI=1S/C10H18N2OS2/c1-7(2)11-4-9(13)6-15-10-12-8(3)5-14-10/h5,7,9,11,13H,4,6H2,1-3H3. The Hall–Kier alpha value is -0.100. The van der Waals surface area contributed by atoms with Gasteiger partial charge in [0, 0.05) is 29.4 Å². The third-order valence-corrected chi connectivity index (χ3v) is 4.04. The smallest absolute Gasteiger partial charge is 0.150 e. The van der Waals surface area contributed by atoms with Crippen molar-refractivity contribution >= 4 is 23.1 Å². The van der Waals surface area contributed by atoms with Crippen LogP contribution in [0, 0.1) is 6.92 Å². The van der Waals surface area contributed by atoms with Crippen LogP contribution < -0.4 is 5.32 Å². The molecule has 1 aromatic rings. The Morgan fingerprint density at radius 2 is 2.33 bits per heavy atom. The van der Waals surface area contributed by atoms with E-state index in [2.05, 4.69) is 24.1 Å². The molecular weight excluding hydrogens is 228 g/mol. The zero-order valence-electron chi connectivity index (χ0n) is 9.36. The molecule has 1 unspecified atom stereocenters. The van der Waals surface area contributed by atoms with Crippen molar-refractivity contribution in [3.8, 4) is 0 Å². The molecule has 15 heavy (non-hydrogen) atoms. The Morgan fingerprint density at radius 3 is 2.87 bits per heavy atom. The van der Waals surface area contributed by atoms with Gasteiger partial charge in [0.05, 0.1) is 6.10 Å². The molecule has 1 aromatic heterocycles. The summed E-state index contributed by atoms with van der Waals surface area (Å²) in [5.41, 5.74) is 1.05. The van der Waals surface area contributed by atoms with E-state index < -0.39 is 0 Å². The van der Waals surface area contributed by atoms with E-state index >= 15 is 0 Å². The van der Waals surface area contributed by atoms with E-state index in [9.17, 15) is 5.11 Å². The van der Waals surface area contributed by atoms with E-state index in [0.29, 0.717) is 18.3 Å². The van der Waals surface area contributed by atoms with Gasteiger partial charge in [0.2, 0.25) is 0 Å². The number of aliphatic hydroxyl groups is 1. The molecule has 0 saturated carbocycles. The molecule has 0 bridgehead atoms. The van der Waals surface area contributed by atoms with E-state index in [0.717, 1.165) is 10.0 Å². The summed E-state index contributed by atoms with van der Waals surface area (Å²) in [5, 5.41) is 14.9. The number of aliphatic hydroxyl groups excluding tert-OH is 1. The Balaban J connectivity index is 2.19. The molecule has 0 aromatic carbocycles. The number of rotatable bonds is 6. The van der Waals surface area contributed by atoms with Crippen LogP contribution in [0.25, 0.3) is 0 Å². The SMILES string of the molecule is Cc1csc(SCC(O)CNC(C)C)n1. The van der Waals surface area contributed by atoms with Crippen LogP contribution in [0.1, 0.15) is 19.5 Å². The summed E-state index contributed by atoms with van der Waals surface area (Å²) < 4.78 is 1.04. The Morgan fingerprint density at radius 1 is 1.60 bits per heavy atom. The highest BCUT2D eigenvalue weighted by atomic mass is 32.2. The van der Waals surface area contributed by atoms with Gasteiger partial charge >= 0.3 is 0 Å². The van der Waals surface area contributed by atoms with E-state index in [1.807, 2.05) is 12.3 Å². The van der Waals surface area contributed by atoms with Crippen molar-refractivity contribution in [3.63, 3.8) is 0 Å². The summed E-state index contributed by atoms with van der Waals surface area (Å²) >= 11 is 3.25. The summed E-state index contributed by atoms with van der Waals surface area (Å²) in [7, 11) is 0. The average molecular weight is 246 g/mol. The number of hydrogen-bond donors (Lipinski definition) is 2. The molecule has 86 valence electrons. The second kappa shape index (κ2) is 6.48.